The molecular formula is C17H33N3O. The molecule has 1 aliphatic heterocycles. The van der Waals surface area contributed by atoms with E-state index in [2.05, 4.69) is 10.2 Å². The average molecular weight is 295 g/mol. The van der Waals surface area contributed by atoms with Crippen LogP contribution in [0.3, 0.4) is 0 Å². The summed E-state index contributed by atoms with van der Waals surface area (Å²) >= 11 is 0. The van der Waals surface area contributed by atoms with Gasteiger partial charge in [0.15, 0.2) is 0 Å². The van der Waals surface area contributed by atoms with Gasteiger partial charge in [-0.25, -0.2) is 0 Å². The second kappa shape index (κ2) is 7.10. The molecule has 0 aromatic carbocycles. The zero-order valence-electron chi connectivity index (χ0n) is 14.0. The molecule has 3 N–H and O–H groups in total. The number of hydrogen-bond acceptors (Lipinski definition) is 3. The van der Waals surface area contributed by atoms with Crippen molar-refractivity contribution < 1.29 is 4.79 Å². The number of rotatable bonds is 4. The van der Waals surface area contributed by atoms with Gasteiger partial charge in [-0.2, -0.15) is 0 Å². The fourth-order valence-corrected chi connectivity index (χ4v) is 4.01. The first kappa shape index (κ1) is 16.8. The third-order valence-corrected chi connectivity index (χ3v) is 5.05. The van der Waals surface area contributed by atoms with Gasteiger partial charge in [0.05, 0.1) is 0 Å². The maximum absolute atomic E-state index is 12.2. The minimum atomic E-state index is -0.160. The predicted octanol–water partition coefficient (Wildman–Crippen LogP) is 2.13. The summed E-state index contributed by atoms with van der Waals surface area (Å²) in [7, 11) is 0. The summed E-state index contributed by atoms with van der Waals surface area (Å²) in [6.45, 7) is 8.91. The lowest BCUT2D eigenvalue weighted by atomic mass is 9.75. The van der Waals surface area contributed by atoms with Crippen LogP contribution in [0.1, 0.15) is 59.3 Å². The Morgan fingerprint density at radius 2 is 1.90 bits per heavy atom. The first-order valence-electron chi connectivity index (χ1n) is 8.64. The molecule has 21 heavy (non-hydrogen) atoms. The Morgan fingerprint density at radius 1 is 1.24 bits per heavy atom. The van der Waals surface area contributed by atoms with Crippen LogP contribution in [0.4, 0.5) is 0 Å². The van der Waals surface area contributed by atoms with Crippen LogP contribution < -0.4 is 11.1 Å². The second-order valence-corrected chi connectivity index (χ2v) is 7.98. The Kier molecular flexibility index (Phi) is 5.67. The van der Waals surface area contributed by atoms with Gasteiger partial charge >= 0.3 is 0 Å². The highest BCUT2D eigenvalue weighted by Gasteiger charge is 2.34. The zero-order valence-corrected chi connectivity index (χ0v) is 14.0. The molecule has 0 bridgehead atoms. The molecule has 1 saturated carbocycles. The van der Waals surface area contributed by atoms with Gasteiger partial charge in [0.1, 0.15) is 0 Å². The summed E-state index contributed by atoms with van der Waals surface area (Å²) in [6, 6.07) is 0.204. The number of hydrogen-bond donors (Lipinski definition) is 2. The van der Waals surface area contributed by atoms with Gasteiger partial charge in [0, 0.05) is 31.1 Å². The Hall–Kier alpha value is -0.610. The van der Waals surface area contributed by atoms with Crippen molar-refractivity contribution >= 4 is 5.91 Å². The summed E-state index contributed by atoms with van der Waals surface area (Å²) in [5.74, 6) is 1.90. The van der Waals surface area contributed by atoms with Crippen LogP contribution in [-0.2, 0) is 4.79 Å². The summed E-state index contributed by atoms with van der Waals surface area (Å²) in [5, 5.41) is 3.06. The van der Waals surface area contributed by atoms with Crippen LogP contribution in [-0.4, -0.2) is 42.0 Å². The quantitative estimate of drug-likeness (QED) is 0.835. The van der Waals surface area contributed by atoms with Gasteiger partial charge in [-0.05, 0) is 52.0 Å². The number of amides is 1. The molecule has 0 aromatic heterocycles. The van der Waals surface area contributed by atoms with Crippen molar-refractivity contribution in [3.05, 3.63) is 0 Å². The molecule has 0 spiro atoms. The number of nitrogens with zero attached hydrogens (tertiary/aromatic N) is 1. The van der Waals surface area contributed by atoms with Crippen LogP contribution in [0.5, 0.6) is 0 Å². The van der Waals surface area contributed by atoms with E-state index in [-0.39, 0.29) is 17.5 Å². The molecule has 0 aromatic rings. The molecule has 0 radical (unpaired) electrons. The summed E-state index contributed by atoms with van der Waals surface area (Å²) in [6.07, 6.45) is 7.40. The Morgan fingerprint density at radius 3 is 2.52 bits per heavy atom. The van der Waals surface area contributed by atoms with Gasteiger partial charge in [0.2, 0.25) is 5.91 Å². The lowest BCUT2D eigenvalue weighted by Gasteiger charge is -2.44. The molecule has 2 fully saturated rings. The van der Waals surface area contributed by atoms with Crippen molar-refractivity contribution in [2.75, 3.05) is 19.6 Å². The van der Waals surface area contributed by atoms with E-state index < -0.39 is 0 Å². The van der Waals surface area contributed by atoms with E-state index >= 15 is 0 Å². The van der Waals surface area contributed by atoms with Gasteiger partial charge in [0.25, 0.3) is 0 Å². The molecule has 1 aliphatic carbocycles. The summed E-state index contributed by atoms with van der Waals surface area (Å²) in [4.78, 5) is 14.6. The lowest BCUT2D eigenvalue weighted by Crippen LogP contribution is -2.52. The van der Waals surface area contributed by atoms with Crippen molar-refractivity contribution in [1.82, 2.24) is 10.2 Å². The Balaban J connectivity index is 1.87. The molecule has 2 aliphatic rings. The van der Waals surface area contributed by atoms with Gasteiger partial charge in [-0.1, -0.05) is 19.3 Å². The highest BCUT2D eigenvalue weighted by atomic mass is 16.1. The fraction of sp³-hybridized carbons (Fsp3) is 0.941. The summed E-state index contributed by atoms with van der Waals surface area (Å²) in [5.41, 5.74) is 5.80. The van der Waals surface area contributed by atoms with E-state index in [1.165, 1.54) is 32.1 Å². The topological polar surface area (TPSA) is 58.4 Å². The molecule has 4 nitrogen and oxygen atoms in total. The SMILES string of the molecule is CC(C)(C)NC(=O)CC(CN)N1CCC2CCCCC2C1. The minimum Gasteiger partial charge on any atom is -0.351 e. The molecule has 1 saturated heterocycles. The van der Waals surface area contributed by atoms with E-state index in [1.54, 1.807) is 0 Å². The molecular weight excluding hydrogens is 262 g/mol. The largest absolute Gasteiger partial charge is 0.351 e. The fourth-order valence-electron chi connectivity index (χ4n) is 4.01. The van der Waals surface area contributed by atoms with Gasteiger partial charge < -0.3 is 11.1 Å². The number of likely N-dealkylation sites (tertiary alicyclic amines) is 1. The number of piperidine rings is 1. The first-order valence-corrected chi connectivity index (χ1v) is 8.64. The van der Waals surface area contributed by atoms with E-state index in [0.29, 0.717) is 13.0 Å². The smallest absolute Gasteiger partial charge is 0.222 e. The predicted molar refractivity (Wildman–Crippen MR) is 87.0 cm³/mol. The molecule has 2 rings (SSSR count). The van der Waals surface area contributed by atoms with Crippen LogP contribution in [0.2, 0.25) is 0 Å². The van der Waals surface area contributed by atoms with E-state index in [1.807, 2.05) is 20.8 Å². The maximum atomic E-state index is 12.2. The number of nitrogens with two attached hydrogens (primary N) is 1. The van der Waals surface area contributed by atoms with Crippen LogP contribution in [0.15, 0.2) is 0 Å². The molecule has 122 valence electrons. The van der Waals surface area contributed by atoms with Gasteiger partial charge in [-0.3, -0.25) is 9.69 Å². The second-order valence-electron chi connectivity index (χ2n) is 7.98. The minimum absolute atomic E-state index is 0.128. The first-order chi connectivity index (χ1) is 9.89. The van der Waals surface area contributed by atoms with E-state index in [9.17, 15) is 4.79 Å². The maximum Gasteiger partial charge on any atom is 0.222 e. The van der Waals surface area contributed by atoms with Crippen LogP contribution >= 0.6 is 0 Å². The molecule has 4 heteroatoms. The monoisotopic (exact) mass is 295 g/mol. The molecule has 3 atom stereocenters. The number of fused-ring (bicyclic) bond motifs is 1. The number of nitrogens with one attached hydrogen (secondary N) is 1. The third-order valence-electron chi connectivity index (χ3n) is 5.05. The van der Waals surface area contributed by atoms with Crippen molar-refractivity contribution in [3.8, 4) is 0 Å². The highest BCUT2D eigenvalue weighted by Crippen LogP contribution is 2.36. The van der Waals surface area contributed by atoms with E-state index in [4.69, 9.17) is 5.73 Å². The van der Waals surface area contributed by atoms with Crippen molar-refractivity contribution in [3.63, 3.8) is 0 Å². The third kappa shape index (κ3) is 4.96. The Bertz CT molecular complexity index is 350. The highest BCUT2D eigenvalue weighted by molar-refractivity contribution is 5.77. The van der Waals surface area contributed by atoms with Crippen LogP contribution in [0.25, 0.3) is 0 Å². The van der Waals surface area contributed by atoms with Crippen molar-refractivity contribution in [1.29, 1.82) is 0 Å². The lowest BCUT2D eigenvalue weighted by molar-refractivity contribution is -0.124. The standard InChI is InChI=1S/C17H33N3O/c1-17(2,3)19-16(21)10-15(11-18)20-9-8-13-6-4-5-7-14(13)12-20/h13-15H,4-12,18H2,1-3H3,(H,19,21). The summed E-state index contributed by atoms with van der Waals surface area (Å²) < 4.78 is 0. The zero-order chi connectivity index (χ0) is 15.5. The molecule has 1 heterocycles. The van der Waals surface area contributed by atoms with Crippen LogP contribution in [0, 0.1) is 11.8 Å². The number of carbonyl (C=O) groups is 1. The number of carbonyl (C=O) groups excluding carboxylic acids is 1. The van der Waals surface area contributed by atoms with Crippen molar-refractivity contribution in [2.45, 2.75) is 70.9 Å². The van der Waals surface area contributed by atoms with Gasteiger partial charge in [-0.15, -0.1) is 0 Å². The van der Waals surface area contributed by atoms with Crippen molar-refractivity contribution in [2.24, 2.45) is 17.6 Å². The Labute approximate surface area is 129 Å². The average Bonchev–Trinajstić information content (AvgIpc) is 2.42. The molecule has 3 unspecified atom stereocenters. The molecule has 1 amide bonds. The normalized spacial score (nSPS) is 28.8. The van der Waals surface area contributed by atoms with E-state index in [0.717, 1.165) is 24.9 Å².